The molecule has 4 rings (SSSR count). The topological polar surface area (TPSA) is 88.8 Å². The molecule has 1 amide bonds. The van der Waals surface area contributed by atoms with Crippen LogP contribution in [0, 0.1) is 6.92 Å². The fourth-order valence-electron chi connectivity index (χ4n) is 3.86. The maximum Gasteiger partial charge on any atom is 0.433 e. The summed E-state index contributed by atoms with van der Waals surface area (Å²) >= 11 is 0. The van der Waals surface area contributed by atoms with Gasteiger partial charge < -0.3 is 10.2 Å². The number of nitrogens with one attached hydrogen (secondary N) is 1. The van der Waals surface area contributed by atoms with Crippen molar-refractivity contribution in [2.24, 2.45) is 0 Å². The molecule has 0 aliphatic carbocycles. The lowest BCUT2D eigenvalue weighted by atomic mass is 10.1. The lowest BCUT2D eigenvalue weighted by molar-refractivity contribution is -0.145. The van der Waals surface area contributed by atoms with Gasteiger partial charge in [0.1, 0.15) is 23.2 Å². The zero-order valence-corrected chi connectivity index (χ0v) is 19.2. The van der Waals surface area contributed by atoms with E-state index in [1.165, 1.54) is 18.0 Å². The molecule has 3 aromatic rings. The van der Waals surface area contributed by atoms with E-state index in [1.54, 1.807) is 24.0 Å². The number of amides is 1. The minimum atomic E-state index is -4.52. The Morgan fingerprint density at radius 2 is 1.78 bits per heavy atom. The van der Waals surface area contributed by atoms with Crippen LogP contribution in [0.4, 0.5) is 37.8 Å². The van der Waals surface area contributed by atoms with Crippen LogP contribution in [0.2, 0.25) is 0 Å². The first kappa shape index (κ1) is 25.4. The third-order valence-electron chi connectivity index (χ3n) is 5.68. The van der Waals surface area contributed by atoms with Crippen molar-refractivity contribution in [1.82, 2.24) is 24.7 Å². The van der Waals surface area contributed by atoms with E-state index in [4.69, 9.17) is 0 Å². The Morgan fingerprint density at radius 3 is 2.42 bits per heavy atom. The summed E-state index contributed by atoms with van der Waals surface area (Å²) < 4.78 is 78.4. The number of fused-ring (bicyclic) bond motifs is 1. The van der Waals surface area contributed by atoms with Crippen LogP contribution in [0.25, 0.3) is 0 Å². The molecular formula is C22H21F6N7O. The number of anilines is 2. The number of aromatic nitrogens is 5. The molecule has 0 fully saturated rings. The minimum absolute atomic E-state index is 0.219. The normalized spacial score (nSPS) is 16.2. The van der Waals surface area contributed by atoms with Crippen molar-refractivity contribution < 1.29 is 31.1 Å². The lowest BCUT2D eigenvalue weighted by Gasteiger charge is -2.35. The number of nitrogens with zero attached hydrogens (tertiary/aromatic N) is 6. The molecule has 0 spiro atoms. The molecule has 1 aliphatic heterocycles. The van der Waals surface area contributed by atoms with Crippen LogP contribution in [-0.2, 0) is 30.4 Å². The fraction of sp³-hybridized carbons (Fsp3) is 0.409. The van der Waals surface area contributed by atoms with Crippen LogP contribution in [0.1, 0.15) is 34.8 Å². The van der Waals surface area contributed by atoms with Crippen molar-refractivity contribution >= 4 is 17.4 Å². The molecule has 3 aromatic heterocycles. The number of hydrogen-bond donors (Lipinski definition) is 1. The first-order valence-electron chi connectivity index (χ1n) is 10.8. The van der Waals surface area contributed by atoms with Crippen molar-refractivity contribution in [2.75, 3.05) is 17.3 Å². The van der Waals surface area contributed by atoms with E-state index in [0.29, 0.717) is 29.9 Å². The van der Waals surface area contributed by atoms with Gasteiger partial charge >= 0.3 is 12.4 Å². The molecule has 0 radical (unpaired) electrons. The SMILES string of the molecule is Cc1nc(CCc2cnn(Cc3ccc(C(F)(F)F)nc3)c2)nc2c1NC(=O)[C@H](CC(F)(F)F)N2C. The van der Waals surface area contributed by atoms with Gasteiger partial charge in [0.2, 0.25) is 5.91 Å². The van der Waals surface area contributed by atoms with Crippen molar-refractivity contribution in [3.05, 3.63) is 59.1 Å². The summed E-state index contributed by atoms with van der Waals surface area (Å²) in [4.78, 5) is 25.6. The van der Waals surface area contributed by atoms with Crippen molar-refractivity contribution in [2.45, 2.75) is 51.1 Å². The molecule has 192 valence electrons. The summed E-state index contributed by atoms with van der Waals surface area (Å²) in [6.07, 6.45) is -5.03. The monoisotopic (exact) mass is 513 g/mol. The summed E-state index contributed by atoms with van der Waals surface area (Å²) in [6.45, 7) is 1.86. The van der Waals surface area contributed by atoms with Crippen LogP contribution < -0.4 is 10.2 Å². The maximum atomic E-state index is 12.9. The molecule has 1 atom stereocenters. The number of hydrogen-bond acceptors (Lipinski definition) is 6. The van der Waals surface area contributed by atoms with Crippen molar-refractivity contribution in [3.8, 4) is 0 Å². The smallest absolute Gasteiger partial charge is 0.345 e. The van der Waals surface area contributed by atoms with Gasteiger partial charge in [-0.3, -0.25) is 14.5 Å². The Kier molecular flexibility index (Phi) is 6.62. The molecule has 36 heavy (non-hydrogen) atoms. The molecule has 0 unspecified atom stereocenters. The zero-order valence-electron chi connectivity index (χ0n) is 19.2. The molecule has 1 N–H and O–H groups in total. The van der Waals surface area contributed by atoms with Crippen LogP contribution >= 0.6 is 0 Å². The second kappa shape index (κ2) is 9.39. The zero-order chi connectivity index (χ0) is 26.3. The largest absolute Gasteiger partial charge is 0.433 e. The molecule has 4 heterocycles. The van der Waals surface area contributed by atoms with Gasteiger partial charge in [-0.25, -0.2) is 9.97 Å². The molecule has 0 saturated carbocycles. The van der Waals surface area contributed by atoms with Gasteiger partial charge in [0, 0.05) is 25.9 Å². The van der Waals surface area contributed by atoms with Crippen LogP contribution in [-0.4, -0.2) is 49.9 Å². The van der Waals surface area contributed by atoms with Crippen LogP contribution in [0.3, 0.4) is 0 Å². The summed E-state index contributed by atoms with van der Waals surface area (Å²) in [5.41, 5.74) is 1.10. The number of alkyl halides is 6. The predicted molar refractivity (Wildman–Crippen MR) is 116 cm³/mol. The van der Waals surface area contributed by atoms with E-state index in [0.717, 1.165) is 17.8 Å². The van der Waals surface area contributed by atoms with E-state index in [-0.39, 0.29) is 18.1 Å². The lowest BCUT2D eigenvalue weighted by Crippen LogP contribution is -2.49. The minimum Gasteiger partial charge on any atom is -0.345 e. The fourth-order valence-corrected chi connectivity index (χ4v) is 3.86. The Bertz CT molecular complexity index is 1250. The van der Waals surface area contributed by atoms with Crippen molar-refractivity contribution in [1.29, 1.82) is 0 Å². The van der Waals surface area contributed by atoms with Gasteiger partial charge in [0.05, 0.1) is 24.9 Å². The number of carbonyl (C=O) groups is 1. The molecule has 0 aromatic carbocycles. The van der Waals surface area contributed by atoms with E-state index in [2.05, 4.69) is 25.4 Å². The summed E-state index contributed by atoms with van der Waals surface area (Å²) in [7, 11) is 1.39. The molecule has 0 bridgehead atoms. The number of likely N-dealkylation sites (N-methyl/N-ethyl adjacent to an activating group) is 1. The highest BCUT2D eigenvalue weighted by Crippen LogP contribution is 2.35. The number of halogens is 6. The summed E-state index contributed by atoms with van der Waals surface area (Å²) in [6, 6.07) is 0.814. The van der Waals surface area contributed by atoms with Gasteiger partial charge in [-0.1, -0.05) is 6.07 Å². The Balaban J connectivity index is 1.43. The predicted octanol–water partition coefficient (Wildman–Crippen LogP) is 3.94. The second-order valence-corrected chi connectivity index (χ2v) is 8.45. The van der Waals surface area contributed by atoms with E-state index in [9.17, 15) is 31.1 Å². The maximum absolute atomic E-state index is 12.9. The summed E-state index contributed by atoms with van der Waals surface area (Å²) in [5.74, 6) is -0.158. The Hall–Kier alpha value is -3.71. The van der Waals surface area contributed by atoms with Gasteiger partial charge in [0.25, 0.3) is 0 Å². The first-order valence-corrected chi connectivity index (χ1v) is 10.8. The van der Waals surface area contributed by atoms with Crippen LogP contribution in [0.5, 0.6) is 0 Å². The molecule has 1 aliphatic rings. The van der Waals surface area contributed by atoms with E-state index >= 15 is 0 Å². The quantitative estimate of drug-likeness (QED) is 0.503. The first-order chi connectivity index (χ1) is 16.8. The number of aryl methyl sites for hydroxylation is 3. The number of carbonyl (C=O) groups excluding carboxylic acids is 1. The standard InChI is InChI=1S/C22H21F6N7O/c1-12-18-19(34(2)15(20(36)33-18)7-21(23,24)25)32-17(31-12)6-4-14-9-30-35(11-14)10-13-3-5-16(29-8-13)22(26,27)28/h3,5,8-9,11,15H,4,6-7,10H2,1-2H3,(H,33,36)/t15-/m0/s1. The van der Waals surface area contributed by atoms with Crippen molar-refractivity contribution in [3.63, 3.8) is 0 Å². The average molecular weight is 513 g/mol. The van der Waals surface area contributed by atoms with Gasteiger partial charge in [-0.05, 0) is 30.5 Å². The third kappa shape index (κ3) is 5.74. The van der Waals surface area contributed by atoms with Gasteiger partial charge in [-0.15, -0.1) is 0 Å². The Morgan fingerprint density at radius 1 is 1.03 bits per heavy atom. The Labute approximate surface area is 201 Å². The molecule has 14 heteroatoms. The second-order valence-electron chi connectivity index (χ2n) is 8.45. The highest BCUT2D eigenvalue weighted by Gasteiger charge is 2.41. The number of pyridine rings is 1. The molecular weight excluding hydrogens is 492 g/mol. The summed E-state index contributed by atoms with van der Waals surface area (Å²) in [5, 5.41) is 6.69. The molecule has 8 nitrogen and oxygen atoms in total. The average Bonchev–Trinajstić information content (AvgIpc) is 3.22. The van der Waals surface area contributed by atoms with E-state index < -0.39 is 36.4 Å². The number of rotatable bonds is 6. The van der Waals surface area contributed by atoms with Gasteiger partial charge in [-0.2, -0.15) is 31.4 Å². The highest BCUT2D eigenvalue weighted by atomic mass is 19.4. The van der Waals surface area contributed by atoms with E-state index in [1.807, 2.05) is 0 Å². The third-order valence-corrected chi connectivity index (χ3v) is 5.68. The highest BCUT2D eigenvalue weighted by molar-refractivity contribution is 6.03. The molecule has 0 saturated heterocycles. The van der Waals surface area contributed by atoms with Crippen LogP contribution in [0.15, 0.2) is 30.7 Å². The van der Waals surface area contributed by atoms with Gasteiger partial charge in [0.15, 0.2) is 5.82 Å².